The maximum atomic E-state index is 13.7. The lowest BCUT2D eigenvalue weighted by Crippen LogP contribution is -2.48. The molecule has 3 aliphatic rings. The van der Waals surface area contributed by atoms with Gasteiger partial charge in [0.25, 0.3) is 5.91 Å². The molecule has 0 bridgehead atoms. The van der Waals surface area contributed by atoms with Crippen molar-refractivity contribution in [2.45, 2.75) is 31.1 Å². The molecule has 3 aliphatic heterocycles. The van der Waals surface area contributed by atoms with Crippen molar-refractivity contribution in [1.29, 1.82) is 0 Å². The Morgan fingerprint density at radius 2 is 1.72 bits per heavy atom. The van der Waals surface area contributed by atoms with Crippen LogP contribution in [0.1, 0.15) is 36.4 Å². The van der Waals surface area contributed by atoms with E-state index in [1.165, 1.54) is 0 Å². The highest BCUT2D eigenvalue weighted by atomic mass is 16.7. The molecular formula is C27H33N3O6. The smallest absolute Gasteiger partial charge is 0.257 e. The minimum atomic E-state index is -0.469. The van der Waals surface area contributed by atoms with Crippen molar-refractivity contribution < 1.29 is 28.5 Å². The summed E-state index contributed by atoms with van der Waals surface area (Å²) in [7, 11) is 4.88. The normalized spacial score (nSPS) is 21.5. The molecule has 0 aliphatic carbocycles. The highest BCUT2D eigenvalue weighted by molar-refractivity contribution is 6.05. The molecule has 3 heterocycles. The molecule has 1 atom stereocenters. The summed E-state index contributed by atoms with van der Waals surface area (Å²) in [5.41, 5.74) is 2.54. The van der Waals surface area contributed by atoms with Gasteiger partial charge in [0.2, 0.25) is 0 Å². The molecule has 2 fully saturated rings. The summed E-state index contributed by atoms with van der Waals surface area (Å²) in [6.07, 6.45) is 2.06. The van der Waals surface area contributed by atoms with Crippen molar-refractivity contribution in [2.24, 2.45) is 5.10 Å². The first-order valence-electron chi connectivity index (χ1n) is 12.3. The molecule has 0 N–H and O–H groups in total. The molecule has 2 aromatic rings. The average molecular weight is 496 g/mol. The van der Waals surface area contributed by atoms with Gasteiger partial charge in [-0.1, -0.05) is 18.2 Å². The molecule has 2 aromatic carbocycles. The van der Waals surface area contributed by atoms with Crippen LogP contribution in [0.15, 0.2) is 47.6 Å². The molecule has 192 valence electrons. The van der Waals surface area contributed by atoms with Crippen LogP contribution in [0, 0.1) is 0 Å². The topological polar surface area (TPSA) is 82.1 Å². The molecule has 2 saturated heterocycles. The van der Waals surface area contributed by atoms with Crippen LogP contribution in [0.25, 0.3) is 0 Å². The number of hydrogen-bond acceptors (Lipinski definition) is 8. The number of carbonyl (C=O) groups excluding carboxylic acids is 1. The van der Waals surface area contributed by atoms with E-state index in [9.17, 15) is 4.79 Å². The predicted molar refractivity (Wildman–Crippen MR) is 134 cm³/mol. The summed E-state index contributed by atoms with van der Waals surface area (Å²) in [6.45, 7) is 3.03. The molecule has 5 rings (SSSR count). The lowest BCUT2D eigenvalue weighted by atomic mass is 9.97. The fourth-order valence-corrected chi connectivity index (χ4v) is 5.23. The number of rotatable bonds is 7. The van der Waals surface area contributed by atoms with E-state index in [2.05, 4.69) is 4.90 Å². The number of carbonyl (C=O) groups is 1. The number of hydrazone groups is 1. The van der Waals surface area contributed by atoms with Gasteiger partial charge in [-0.15, -0.1) is 0 Å². The standard InChI is InChI=1S/C27H33N3O6/c1-32-19-8-9-20(25(16-19)34-3)22-17-23(21-6-4-5-7-24(21)33-2)30(28-22)26(31)18-29-12-10-27(11-13-29)35-14-15-36-27/h4-9,16,23H,10-15,17-18H2,1-3H3/t23-/m0/s1. The van der Waals surface area contributed by atoms with Crippen LogP contribution in [0.2, 0.25) is 0 Å². The number of ether oxygens (including phenoxy) is 5. The second-order valence-corrected chi connectivity index (χ2v) is 9.20. The van der Waals surface area contributed by atoms with E-state index >= 15 is 0 Å². The summed E-state index contributed by atoms with van der Waals surface area (Å²) in [6, 6.07) is 13.1. The second kappa shape index (κ2) is 10.5. The van der Waals surface area contributed by atoms with E-state index in [4.69, 9.17) is 28.8 Å². The van der Waals surface area contributed by atoms with Gasteiger partial charge in [-0.3, -0.25) is 9.69 Å². The quantitative estimate of drug-likeness (QED) is 0.583. The van der Waals surface area contributed by atoms with Crippen LogP contribution >= 0.6 is 0 Å². The summed E-state index contributed by atoms with van der Waals surface area (Å²) in [5.74, 6) is 1.55. The van der Waals surface area contributed by atoms with Gasteiger partial charge in [-0.2, -0.15) is 5.10 Å². The van der Waals surface area contributed by atoms with E-state index in [0.717, 1.165) is 48.5 Å². The Morgan fingerprint density at radius 3 is 2.42 bits per heavy atom. The third kappa shape index (κ3) is 4.78. The Morgan fingerprint density at radius 1 is 1.00 bits per heavy atom. The van der Waals surface area contributed by atoms with Crippen molar-refractivity contribution in [3.63, 3.8) is 0 Å². The Labute approximate surface area is 211 Å². The fourth-order valence-electron chi connectivity index (χ4n) is 5.23. The van der Waals surface area contributed by atoms with E-state index < -0.39 is 5.79 Å². The van der Waals surface area contributed by atoms with E-state index in [-0.39, 0.29) is 18.5 Å². The van der Waals surface area contributed by atoms with Gasteiger partial charge in [0, 0.05) is 49.5 Å². The van der Waals surface area contributed by atoms with Crippen LogP contribution in [0.4, 0.5) is 0 Å². The Hall–Kier alpha value is -3.14. The maximum Gasteiger partial charge on any atom is 0.257 e. The predicted octanol–water partition coefficient (Wildman–Crippen LogP) is 3.23. The summed E-state index contributed by atoms with van der Waals surface area (Å²) < 4.78 is 28.3. The van der Waals surface area contributed by atoms with Crippen molar-refractivity contribution in [3.8, 4) is 17.2 Å². The first-order valence-corrected chi connectivity index (χ1v) is 12.3. The van der Waals surface area contributed by atoms with Gasteiger partial charge in [0.15, 0.2) is 5.79 Å². The number of piperidine rings is 1. The van der Waals surface area contributed by atoms with Gasteiger partial charge >= 0.3 is 0 Å². The first kappa shape index (κ1) is 24.5. The lowest BCUT2D eigenvalue weighted by molar-refractivity contribution is -0.186. The highest BCUT2D eigenvalue weighted by Gasteiger charge is 2.41. The molecule has 1 spiro atoms. The van der Waals surface area contributed by atoms with Gasteiger partial charge in [-0.25, -0.2) is 5.01 Å². The van der Waals surface area contributed by atoms with E-state index in [1.807, 2.05) is 42.5 Å². The molecule has 0 aromatic heterocycles. The SMILES string of the molecule is COc1ccc(C2=NN(C(=O)CN3CCC4(CC3)OCCO4)[C@H](c3ccccc3OC)C2)c(OC)c1. The Balaban J connectivity index is 1.40. The van der Waals surface area contributed by atoms with Gasteiger partial charge < -0.3 is 23.7 Å². The zero-order valence-electron chi connectivity index (χ0n) is 21.1. The molecular weight excluding hydrogens is 462 g/mol. The van der Waals surface area contributed by atoms with Gasteiger partial charge in [0.05, 0.1) is 52.8 Å². The molecule has 9 heteroatoms. The molecule has 1 amide bonds. The van der Waals surface area contributed by atoms with Crippen LogP contribution in [0.5, 0.6) is 17.2 Å². The monoisotopic (exact) mass is 495 g/mol. The van der Waals surface area contributed by atoms with Crippen molar-refractivity contribution in [3.05, 3.63) is 53.6 Å². The summed E-state index contributed by atoms with van der Waals surface area (Å²) in [5, 5.41) is 6.45. The van der Waals surface area contributed by atoms with Crippen molar-refractivity contribution >= 4 is 11.6 Å². The molecule has 0 radical (unpaired) electrons. The van der Waals surface area contributed by atoms with E-state index in [0.29, 0.717) is 31.1 Å². The third-order valence-electron chi connectivity index (χ3n) is 7.17. The van der Waals surface area contributed by atoms with Crippen LogP contribution in [-0.2, 0) is 14.3 Å². The molecule has 36 heavy (non-hydrogen) atoms. The summed E-state index contributed by atoms with van der Waals surface area (Å²) >= 11 is 0. The van der Waals surface area contributed by atoms with Gasteiger partial charge in [0.1, 0.15) is 17.2 Å². The number of para-hydroxylation sites is 1. The third-order valence-corrected chi connectivity index (χ3v) is 7.17. The van der Waals surface area contributed by atoms with Crippen LogP contribution < -0.4 is 14.2 Å². The second-order valence-electron chi connectivity index (χ2n) is 9.20. The fraction of sp³-hybridized carbons (Fsp3) is 0.481. The van der Waals surface area contributed by atoms with Crippen LogP contribution in [0.3, 0.4) is 0 Å². The maximum absolute atomic E-state index is 13.7. The van der Waals surface area contributed by atoms with Crippen LogP contribution in [-0.4, -0.2) is 81.5 Å². The Bertz CT molecular complexity index is 1120. The van der Waals surface area contributed by atoms with E-state index in [1.54, 1.807) is 26.3 Å². The number of amides is 1. The first-order chi connectivity index (χ1) is 17.6. The average Bonchev–Trinajstić information content (AvgIpc) is 3.57. The molecule has 0 unspecified atom stereocenters. The van der Waals surface area contributed by atoms with Crippen molar-refractivity contribution in [1.82, 2.24) is 9.91 Å². The summed E-state index contributed by atoms with van der Waals surface area (Å²) in [4.78, 5) is 15.8. The number of nitrogens with zero attached hydrogens (tertiary/aromatic N) is 3. The number of hydrogen-bond donors (Lipinski definition) is 0. The zero-order chi connectivity index (χ0) is 25.1. The minimum absolute atomic E-state index is 0.0578. The van der Waals surface area contributed by atoms with Crippen molar-refractivity contribution in [2.75, 3.05) is 54.2 Å². The van der Waals surface area contributed by atoms with Gasteiger partial charge in [-0.05, 0) is 18.2 Å². The minimum Gasteiger partial charge on any atom is -0.497 e. The number of benzene rings is 2. The molecule has 9 nitrogen and oxygen atoms in total. The number of likely N-dealkylation sites (tertiary alicyclic amines) is 1. The molecule has 0 saturated carbocycles. The zero-order valence-corrected chi connectivity index (χ0v) is 21.1. The lowest BCUT2D eigenvalue weighted by Gasteiger charge is -2.37. The Kier molecular flexibility index (Phi) is 7.13. The highest BCUT2D eigenvalue weighted by Crippen LogP contribution is 2.39. The number of methoxy groups -OCH3 is 3. The largest absolute Gasteiger partial charge is 0.497 e.